The molecular weight excluding hydrogens is 348 g/mol. The van der Waals surface area contributed by atoms with Crippen molar-refractivity contribution in [2.75, 3.05) is 11.9 Å². The summed E-state index contributed by atoms with van der Waals surface area (Å²) in [7, 11) is -3.25. The highest BCUT2D eigenvalue weighted by Crippen LogP contribution is 2.29. The quantitative estimate of drug-likeness (QED) is 0.817. The summed E-state index contributed by atoms with van der Waals surface area (Å²) in [5.74, 6) is 0.115. The van der Waals surface area contributed by atoms with Crippen molar-refractivity contribution in [2.24, 2.45) is 0 Å². The van der Waals surface area contributed by atoms with Gasteiger partial charge in [0.25, 0.3) is 0 Å². The van der Waals surface area contributed by atoms with Gasteiger partial charge in [-0.3, -0.25) is 4.79 Å². The Balaban J connectivity index is 1.71. The van der Waals surface area contributed by atoms with E-state index in [0.29, 0.717) is 13.0 Å². The number of carbonyl (C=O) groups is 1. The lowest BCUT2D eigenvalue weighted by Crippen LogP contribution is -2.33. The normalized spacial score (nSPS) is 15.0. The first-order chi connectivity index (χ1) is 12.3. The van der Waals surface area contributed by atoms with Crippen molar-refractivity contribution in [3.8, 4) is 11.1 Å². The summed E-state index contributed by atoms with van der Waals surface area (Å²) >= 11 is 0. The SMILES string of the molecule is CC(C)S(=O)(=O)NC[C@@H](C)c1ccc(-c2ccc3c(c2)CC(=O)N3)cc1. The van der Waals surface area contributed by atoms with Crippen LogP contribution >= 0.6 is 0 Å². The van der Waals surface area contributed by atoms with E-state index in [9.17, 15) is 13.2 Å². The lowest BCUT2D eigenvalue weighted by Gasteiger charge is -2.15. The summed E-state index contributed by atoms with van der Waals surface area (Å²) in [6.45, 7) is 5.72. The molecule has 0 aromatic heterocycles. The van der Waals surface area contributed by atoms with Crippen molar-refractivity contribution < 1.29 is 13.2 Å². The van der Waals surface area contributed by atoms with Crippen LogP contribution in [0.15, 0.2) is 42.5 Å². The van der Waals surface area contributed by atoms with Crippen molar-refractivity contribution >= 4 is 21.6 Å². The van der Waals surface area contributed by atoms with Crippen molar-refractivity contribution in [2.45, 2.75) is 38.4 Å². The third kappa shape index (κ3) is 3.97. The molecule has 1 heterocycles. The number of hydrogen-bond acceptors (Lipinski definition) is 3. The van der Waals surface area contributed by atoms with E-state index in [1.807, 2.05) is 49.4 Å². The number of nitrogens with one attached hydrogen (secondary N) is 2. The molecule has 2 N–H and O–H groups in total. The van der Waals surface area contributed by atoms with E-state index in [2.05, 4.69) is 10.0 Å². The Kier molecular flexibility index (Phi) is 5.16. The van der Waals surface area contributed by atoms with Crippen LogP contribution in [0.3, 0.4) is 0 Å². The van der Waals surface area contributed by atoms with E-state index >= 15 is 0 Å². The van der Waals surface area contributed by atoms with Crippen LogP contribution in [0.2, 0.25) is 0 Å². The molecule has 5 nitrogen and oxygen atoms in total. The Labute approximate surface area is 154 Å². The summed E-state index contributed by atoms with van der Waals surface area (Å²) in [5.41, 5.74) is 5.14. The molecule has 0 aliphatic carbocycles. The maximum absolute atomic E-state index is 11.9. The minimum Gasteiger partial charge on any atom is -0.326 e. The average molecular weight is 372 g/mol. The van der Waals surface area contributed by atoms with Gasteiger partial charge >= 0.3 is 0 Å². The lowest BCUT2D eigenvalue weighted by molar-refractivity contribution is -0.115. The molecular formula is C20H24N2O3S. The average Bonchev–Trinajstić information content (AvgIpc) is 2.99. The van der Waals surface area contributed by atoms with E-state index < -0.39 is 15.3 Å². The van der Waals surface area contributed by atoms with E-state index in [1.54, 1.807) is 13.8 Å². The Hall–Kier alpha value is -2.18. The van der Waals surface area contributed by atoms with E-state index in [1.165, 1.54) is 0 Å². The topological polar surface area (TPSA) is 75.3 Å². The molecule has 0 saturated heterocycles. The summed E-state index contributed by atoms with van der Waals surface area (Å²) in [4.78, 5) is 11.5. The number of sulfonamides is 1. The maximum Gasteiger partial charge on any atom is 0.228 e. The van der Waals surface area contributed by atoms with Crippen molar-refractivity contribution in [1.29, 1.82) is 0 Å². The molecule has 1 atom stereocenters. The van der Waals surface area contributed by atoms with Crippen LogP contribution in [0.25, 0.3) is 11.1 Å². The number of benzene rings is 2. The standard InChI is InChI=1S/C20H24N2O3S/c1-13(2)26(24,25)21-12-14(3)15-4-6-16(7-5-15)17-8-9-19-18(10-17)11-20(23)22-19/h4-10,13-14,21H,11-12H2,1-3H3,(H,22,23)/t14-/m1/s1. The highest BCUT2D eigenvalue weighted by molar-refractivity contribution is 7.90. The van der Waals surface area contributed by atoms with Gasteiger partial charge in [0.2, 0.25) is 15.9 Å². The van der Waals surface area contributed by atoms with Gasteiger partial charge in [-0.25, -0.2) is 13.1 Å². The Morgan fingerprint density at radius 3 is 2.35 bits per heavy atom. The van der Waals surface area contributed by atoms with Gasteiger partial charge in [0.05, 0.1) is 11.7 Å². The molecule has 138 valence electrons. The number of hydrogen-bond donors (Lipinski definition) is 2. The third-order valence-corrected chi connectivity index (χ3v) is 6.56. The highest BCUT2D eigenvalue weighted by Gasteiger charge is 2.18. The predicted molar refractivity (Wildman–Crippen MR) is 105 cm³/mol. The fourth-order valence-electron chi connectivity index (χ4n) is 2.94. The van der Waals surface area contributed by atoms with Crippen LogP contribution < -0.4 is 10.0 Å². The molecule has 0 spiro atoms. The summed E-state index contributed by atoms with van der Waals surface area (Å²) in [6, 6.07) is 14.1. The van der Waals surface area contributed by atoms with Crippen LogP contribution in [-0.4, -0.2) is 26.1 Å². The second kappa shape index (κ2) is 7.21. The molecule has 26 heavy (non-hydrogen) atoms. The largest absolute Gasteiger partial charge is 0.326 e. The lowest BCUT2D eigenvalue weighted by atomic mass is 9.96. The molecule has 0 radical (unpaired) electrons. The minimum atomic E-state index is -3.25. The number of anilines is 1. The molecule has 0 fully saturated rings. The number of carbonyl (C=O) groups excluding carboxylic acids is 1. The first kappa shape index (κ1) is 18.6. The van der Waals surface area contributed by atoms with Gasteiger partial charge in [-0.2, -0.15) is 0 Å². The van der Waals surface area contributed by atoms with Gasteiger partial charge in [-0.15, -0.1) is 0 Å². The summed E-state index contributed by atoms with van der Waals surface area (Å²) in [5, 5.41) is 2.41. The molecule has 0 bridgehead atoms. The molecule has 3 rings (SSSR count). The van der Waals surface area contributed by atoms with E-state index in [-0.39, 0.29) is 11.8 Å². The summed E-state index contributed by atoms with van der Waals surface area (Å²) in [6.07, 6.45) is 0.425. The second-order valence-electron chi connectivity index (χ2n) is 7.06. The Morgan fingerprint density at radius 1 is 1.04 bits per heavy atom. The fraction of sp³-hybridized carbons (Fsp3) is 0.350. The fourth-order valence-corrected chi connectivity index (χ4v) is 3.75. The van der Waals surface area contributed by atoms with Crippen LogP contribution in [0.1, 0.15) is 37.8 Å². The highest BCUT2D eigenvalue weighted by atomic mass is 32.2. The van der Waals surface area contributed by atoms with Crippen LogP contribution in [-0.2, 0) is 21.2 Å². The van der Waals surface area contributed by atoms with Crippen LogP contribution in [0.4, 0.5) is 5.69 Å². The zero-order chi connectivity index (χ0) is 18.9. The number of rotatable bonds is 6. The number of amides is 1. The van der Waals surface area contributed by atoms with Crippen molar-refractivity contribution in [3.63, 3.8) is 0 Å². The maximum atomic E-state index is 11.9. The molecule has 1 amide bonds. The van der Waals surface area contributed by atoms with Gasteiger partial charge < -0.3 is 5.32 Å². The first-order valence-corrected chi connectivity index (χ1v) is 10.3. The zero-order valence-electron chi connectivity index (χ0n) is 15.2. The summed E-state index contributed by atoms with van der Waals surface area (Å²) < 4.78 is 26.4. The van der Waals surface area contributed by atoms with Gasteiger partial charge in [-0.05, 0) is 54.2 Å². The molecule has 1 aliphatic rings. The molecule has 0 unspecified atom stereocenters. The van der Waals surface area contributed by atoms with E-state index in [0.717, 1.165) is 27.9 Å². The molecule has 2 aromatic carbocycles. The van der Waals surface area contributed by atoms with Crippen molar-refractivity contribution in [3.05, 3.63) is 53.6 Å². The third-order valence-electron chi connectivity index (χ3n) is 4.75. The zero-order valence-corrected chi connectivity index (χ0v) is 16.1. The van der Waals surface area contributed by atoms with Crippen molar-refractivity contribution in [1.82, 2.24) is 4.72 Å². The van der Waals surface area contributed by atoms with Gasteiger partial charge in [0.1, 0.15) is 0 Å². The predicted octanol–water partition coefficient (Wildman–Crippen LogP) is 3.28. The number of fused-ring (bicyclic) bond motifs is 1. The van der Waals surface area contributed by atoms with Gasteiger partial charge in [0.15, 0.2) is 0 Å². The first-order valence-electron chi connectivity index (χ1n) is 8.78. The molecule has 0 saturated carbocycles. The monoisotopic (exact) mass is 372 g/mol. The Morgan fingerprint density at radius 2 is 1.69 bits per heavy atom. The molecule has 1 aliphatic heterocycles. The minimum absolute atomic E-state index is 0.0326. The van der Waals surface area contributed by atoms with Gasteiger partial charge in [-0.1, -0.05) is 37.3 Å². The smallest absolute Gasteiger partial charge is 0.228 e. The molecule has 2 aromatic rings. The second-order valence-corrected chi connectivity index (χ2v) is 9.38. The van der Waals surface area contributed by atoms with Gasteiger partial charge in [0, 0.05) is 12.2 Å². The Bertz CT molecular complexity index is 919. The van der Waals surface area contributed by atoms with E-state index in [4.69, 9.17) is 0 Å². The van der Waals surface area contributed by atoms with Crippen LogP contribution in [0, 0.1) is 0 Å². The molecule has 6 heteroatoms. The van der Waals surface area contributed by atoms with Crippen LogP contribution in [0.5, 0.6) is 0 Å².